The van der Waals surface area contributed by atoms with Gasteiger partial charge < -0.3 is 18.3 Å². The second kappa shape index (κ2) is 8.90. The Morgan fingerprint density at radius 2 is 1.90 bits per heavy atom. The first kappa shape index (κ1) is 19.2. The molecule has 0 unspecified atom stereocenters. The summed E-state index contributed by atoms with van der Waals surface area (Å²) in [6.45, 7) is 5.67. The molecule has 0 radical (unpaired) electrons. The predicted molar refractivity (Wildman–Crippen MR) is 110 cm³/mol. The van der Waals surface area contributed by atoms with Gasteiger partial charge >= 0.3 is 0 Å². The van der Waals surface area contributed by atoms with E-state index in [1.807, 2.05) is 23.6 Å². The quantitative estimate of drug-likeness (QED) is 0.421. The van der Waals surface area contributed by atoms with Crippen LogP contribution >= 0.6 is 11.3 Å². The molecular formula is C20H22N6O3S. The molecular weight excluding hydrogens is 404 g/mol. The first-order valence-electron chi connectivity index (χ1n) is 10.0. The van der Waals surface area contributed by atoms with Crippen LogP contribution < -0.4 is 0 Å². The standard InChI is InChI=1S/C20H22N6O3S/c1(6-17-21-19(24-29-17)16-5-3-13-30-16)7-25-8-10-26(11-9-25)14-18-22-23-20(28-18)15-4-2-12-27-15/h2-5,12-13H,1,6-11,14H2. The zero-order chi connectivity index (χ0) is 20.2. The summed E-state index contributed by atoms with van der Waals surface area (Å²) < 4.78 is 16.4. The molecule has 0 bridgehead atoms. The van der Waals surface area contributed by atoms with E-state index in [0.717, 1.165) is 50.4 Å². The van der Waals surface area contributed by atoms with Crippen molar-refractivity contribution in [1.82, 2.24) is 30.1 Å². The minimum Gasteiger partial charge on any atom is -0.459 e. The Kier molecular flexibility index (Phi) is 5.69. The fraction of sp³-hybridized carbons (Fsp3) is 0.400. The van der Waals surface area contributed by atoms with Gasteiger partial charge in [0.05, 0.1) is 17.7 Å². The van der Waals surface area contributed by atoms with E-state index in [9.17, 15) is 0 Å². The summed E-state index contributed by atoms with van der Waals surface area (Å²) in [4.78, 5) is 10.3. The lowest BCUT2D eigenvalue weighted by molar-refractivity contribution is 0.118. The van der Waals surface area contributed by atoms with Crippen molar-refractivity contribution in [2.75, 3.05) is 32.7 Å². The van der Waals surface area contributed by atoms with E-state index in [1.54, 1.807) is 23.7 Å². The molecule has 0 saturated carbocycles. The predicted octanol–water partition coefficient (Wildman–Crippen LogP) is 3.19. The third-order valence-electron chi connectivity index (χ3n) is 5.10. The highest BCUT2D eigenvalue weighted by Crippen LogP contribution is 2.22. The van der Waals surface area contributed by atoms with Gasteiger partial charge in [-0.3, -0.25) is 4.90 Å². The van der Waals surface area contributed by atoms with Gasteiger partial charge in [0.1, 0.15) is 0 Å². The van der Waals surface area contributed by atoms with Crippen LogP contribution in [0.25, 0.3) is 22.4 Å². The number of rotatable bonds is 8. The summed E-state index contributed by atoms with van der Waals surface area (Å²) in [5, 5.41) is 14.3. The van der Waals surface area contributed by atoms with Crippen molar-refractivity contribution in [3.05, 3.63) is 47.7 Å². The molecule has 30 heavy (non-hydrogen) atoms. The van der Waals surface area contributed by atoms with Crippen LogP contribution in [-0.2, 0) is 13.0 Å². The Labute approximate surface area is 177 Å². The Balaban J connectivity index is 1.04. The molecule has 0 atom stereocenters. The van der Waals surface area contributed by atoms with E-state index >= 15 is 0 Å². The maximum Gasteiger partial charge on any atom is 0.283 e. The van der Waals surface area contributed by atoms with Gasteiger partial charge in [0.25, 0.3) is 5.89 Å². The Bertz CT molecular complexity index is 1030. The highest BCUT2D eigenvalue weighted by Gasteiger charge is 2.20. The Hall–Kier alpha value is -2.82. The summed E-state index contributed by atoms with van der Waals surface area (Å²) in [5.74, 6) is 3.04. The third-order valence-corrected chi connectivity index (χ3v) is 5.96. The molecule has 156 valence electrons. The van der Waals surface area contributed by atoms with Crippen molar-refractivity contribution in [1.29, 1.82) is 0 Å². The number of aromatic nitrogens is 4. The van der Waals surface area contributed by atoms with E-state index in [0.29, 0.717) is 35.8 Å². The minimum atomic E-state index is 0.428. The van der Waals surface area contributed by atoms with Crippen LogP contribution in [0.5, 0.6) is 0 Å². The molecule has 1 aliphatic heterocycles. The van der Waals surface area contributed by atoms with Crippen molar-refractivity contribution in [2.45, 2.75) is 19.4 Å². The summed E-state index contributed by atoms with van der Waals surface area (Å²) in [6, 6.07) is 7.62. The average molecular weight is 427 g/mol. The van der Waals surface area contributed by atoms with Crippen molar-refractivity contribution in [3.8, 4) is 22.4 Å². The van der Waals surface area contributed by atoms with Gasteiger partial charge in [-0.15, -0.1) is 21.5 Å². The van der Waals surface area contributed by atoms with Crippen molar-refractivity contribution in [3.63, 3.8) is 0 Å². The number of nitrogens with zero attached hydrogens (tertiary/aromatic N) is 6. The topological polar surface area (TPSA) is 97.5 Å². The van der Waals surface area contributed by atoms with Crippen molar-refractivity contribution in [2.24, 2.45) is 0 Å². The molecule has 0 amide bonds. The van der Waals surface area contributed by atoms with E-state index in [-0.39, 0.29) is 0 Å². The molecule has 4 aromatic heterocycles. The van der Waals surface area contributed by atoms with Crippen LogP contribution in [0.4, 0.5) is 0 Å². The molecule has 9 nitrogen and oxygen atoms in total. The number of piperazine rings is 1. The molecule has 4 aromatic rings. The fourth-order valence-corrected chi connectivity index (χ4v) is 4.14. The fourth-order valence-electron chi connectivity index (χ4n) is 3.50. The molecule has 1 aliphatic rings. The molecule has 1 saturated heterocycles. The van der Waals surface area contributed by atoms with E-state index in [4.69, 9.17) is 13.4 Å². The maximum absolute atomic E-state index is 5.71. The van der Waals surface area contributed by atoms with Gasteiger partial charge in [0, 0.05) is 32.6 Å². The first-order chi connectivity index (χ1) is 14.8. The average Bonchev–Trinajstić information content (AvgIpc) is 3.56. The van der Waals surface area contributed by atoms with E-state index in [2.05, 4.69) is 30.1 Å². The monoisotopic (exact) mass is 426 g/mol. The molecule has 0 N–H and O–H groups in total. The number of thiophene rings is 1. The van der Waals surface area contributed by atoms with Gasteiger partial charge in [0.15, 0.2) is 5.76 Å². The highest BCUT2D eigenvalue weighted by atomic mass is 32.1. The second-order valence-corrected chi connectivity index (χ2v) is 8.14. The van der Waals surface area contributed by atoms with Crippen molar-refractivity contribution < 1.29 is 13.4 Å². The third kappa shape index (κ3) is 4.50. The number of furan rings is 1. The van der Waals surface area contributed by atoms with Gasteiger partial charge in [0.2, 0.25) is 17.6 Å². The maximum atomic E-state index is 5.71. The highest BCUT2D eigenvalue weighted by molar-refractivity contribution is 7.13. The van der Waals surface area contributed by atoms with Gasteiger partial charge in [-0.2, -0.15) is 4.98 Å². The van der Waals surface area contributed by atoms with Crippen LogP contribution in [0.2, 0.25) is 0 Å². The van der Waals surface area contributed by atoms with Gasteiger partial charge in [-0.25, -0.2) is 0 Å². The molecule has 5 rings (SSSR count). The van der Waals surface area contributed by atoms with Gasteiger partial charge in [-0.05, 0) is 36.5 Å². The zero-order valence-corrected chi connectivity index (χ0v) is 17.3. The normalized spacial score (nSPS) is 15.7. The smallest absolute Gasteiger partial charge is 0.283 e. The molecule has 0 aromatic carbocycles. The zero-order valence-electron chi connectivity index (χ0n) is 16.4. The van der Waals surface area contributed by atoms with Crippen LogP contribution in [0.15, 0.2) is 49.3 Å². The van der Waals surface area contributed by atoms with E-state index < -0.39 is 0 Å². The Morgan fingerprint density at radius 3 is 2.70 bits per heavy atom. The number of hydrogen-bond donors (Lipinski definition) is 0. The molecule has 1 fully saturated rings. The lowest BCUT2D eigenvalue weighted by atomic mass is 10.2. The molecule has 5 heterocycles. The van der Waals surface area contributed by atoms with Crippen LogP contribution in [0.3, 0.4) is 0 Å². The van der Waals surface area contributed by atoms with Crippen LogP contribution in [0, 0.1) is 0 Å². The number of hydrogen-bond acceptors (Lipinski definition) is 10. The van der Waals surface area contributed by atoms with E-state index in [1.165, 1.54) is 0 Å². The Morgan fingerprint density at radius 1 is 1.00 bits per heavy atom. The lowest BCUT2D eigenvalue weighted by Crippen LogP contribution is -2.46. The van der Waals surface area contributed by atoms with Crippen LogP contribution in [0.1, 0.15) is 18.2 Å². The lowest BCUT2D eigenvalue weighted by Gasteiger charge is -2.33. The second-order valence-electron chi connectivity index (χ2n) is 7.19. The molecule has 0 aliphatic carbocycles. The van der Waals surface area contributed by atoms with Gasteiger partial charge in [-0.1, -0.05) is 11.2 Å². The van der Waals surface area contributed by atoms with Crippen LogP contribution in [-0.4, -0.2) is 62.9 Å². The SMILES string of the molecule is c1coc(-c2nnc(CN3CCN(CCCc4nc(-c5cccs5)no4)CC3)o2)c1. The summed E-state index contributed by atoms with van der Waals surface area (Å²) in [5.41, 5.74) is 0. The molecule has 10 heteroatoms. The summed E-state index contributed by atoms with van der Waals surface area (Å²) in [6.07, 6.45) is 3.40. The largest absolute Gasteiger partial charge is 0.459 e. The summed E-state index contributed by atoms with van der Waals surface area (Å²) >= 11 is 1.62. The number of aryl methyl sites for hydroxylation is 1. The van der Waals surface area contributed by atoms with Crippen molar-refractivity contribution >= 4 is 11.3 Å². The molecule has 0 spiro atoms. The first-order valence-corrected chi connectivity index (χ1v) is 10.9. The minimum absolute atomic E-state index is 0.428. The summed E-state index contributed by atoms with van der Waals surface area (Å²) in [7, 11) is 0.